The second kappa shape index (κ2) is 6.27. The van der Waals surface area contributed by atoms with Gasteiger partial charge in [0.05, 0.1) is 6.61 Å². The van der Waals surface area contributed by atoms with E-state index in [1.807, 2.05) is 18.2 Å². The number of hydrogen-bond donors (Lipinski definition) is 1. The summed E-state index contributed by atoms with van der Waals surface area (Å²) in [6.45, 7) is 4.09. The van der Waals surface area contributed by atoms with Crippen LogP contribution in [-0.2, 0) is 0 Å². The lowest BCUT2D eigenvalue weighted by molar-refractivity contribution is 0.252. The van der Waals surface area contributed by atoms with Crippen LogP contribution in [0.25, 0.3) is 0 Å². The topological polar surface area (TPSA) is 21.3 Å². The van der Waals surface area contributed by atoms with Gasteiger partial charge in [-0.05, 0) is 31.2 Å². The smallest absolute Gasteiger partial charge is 0.124 e. The van der Waals surface area contributed by atoms with Crippen molar-refractivity contribution in [1.82, 2.24) is 5.32 Å². The lowest BCUT2D eigenvalue weighted by Crippen LogP contribution is -2.27. The number of nitrogens with one attached hydrogen (secondary N) is 1. The Hall–Kier alpha value is -0.730. The molecule has 0 amide bonds. The summed E-state index contributed by atoms with van der Waals surface area (Å²) in [5, 5.41) is 4.39. The zero-order valence-corrected chi connectivity index (χ0v) is 11.1. The van der Waals surface area contributed by atoms with Gasteiger partial charge in [0, 0.05) is 23.0 Å². The van der Waals surface area contributed by atoms with E-state index in [4.69, 9.17) is 16.3 Å². The molecule has 1 unspecified atom stereocenters. The average Bonchev–Trinajstić information content (AvgIpc) is 2.35. The third-order valence-electron chi connectivity index (χ3n) is 3.18. The Kier molecular flexibility index (Phi) is 4.69. The minimum atomic E-state index is 0.398. The van der Waals surface area contributed by atoms with Gasteiger partial charge in [0.15, 0.2) is 0 Å². The van der Waals surface area contributed by atoms with Crippen molar-refractivity contribution in [1.29, 1.82) is 0 Å². The van der Waals surface area contributed by atoms with Gasteiger partial charge in [-0.25, -0.2) is 0 Å². The van der Waals surface area contributed by atoms with E-state index in [0.29, 0.717) is 6.04 Å². The van der Waals surface area contributed by atoms with Crippen LogP contribution in [0.15, 0.2) is 18.2 Å². The molecule has 1 aliphatic heterocycles. The maximum absolute atomic E-state index is 6.04. The average molecular weight is 254 g/mol. The quantitative estimate of drug-likeness (QED) is 0.803. The van der Waals surface area contributed by atoms with E-state index in [-0.39, 0.29) is 0 Å². The van der Waals surface area contributed by atoms with Crippen LogP contribution in [0.3, 0.4) is 0 Å². The maximum atomic E-state index is 6.04. The summed E-state index contributed by atoms with van der Waals surface area (Å²) in [5.41, 5.74) is 1.21. The first-order valence-corrected chi connectivity index (χ1v) is 6.84. The molecule has 17 heavy (non-hydrogen) atoms. The van der Waals surface area contributed by atoms with Crippen LogP contribution in [-0.4, -0.2) is 13.2 Å². The first-order valence-electron chi connectivity index (χ1n) is 6.47. The lowest BCUT2D eigenvalue weighted by atomic mass is 10.0. The molecule has 3 heteroatoms. The van der Waals surface area contributed by atoms with Crippen molar-refractivity contribution in [3.8, 4) is 5.75 Å². The Labute approximate surface area is 108 Å². The second-order valence-electron chi connectivity index (χ2n) is 4.53. The highest BCUT2D eigenvalue weighted by Gasteiger charge is 2.20. The van der Waals surface area contributed by atoms with E-state index >= 15 is 0 Å². The van der Waals surface area contributed by atoms with Crippen molar-refractivity contribution < 1.29 is 4.74 Å². The highest BCUT2D eigenvalue weighted by Crippen LogP contribution is 2.33. The van der Waals surface area contributed by atoms with Crippen molar-refractivity contribution >= 4 is 11.6 Å². The number of halogens is 1. The number of rotatable bonds is 5. The highest BCUT2D eigenvalue weighted by molar-refractivity contribution is 6.30. The molecule has 0 aliphatic carbocycles. The molecule has 1 aromatic carbocycles. The molecular formula is C14H20ClNO. The van der Waals surface area contributed by atoms with E-state index in [1.54, 1.807) is 0 Å². The second-order valence-corrected chi connectivity index (χ2v) is 4.97. The molecule has 0 spiro atoms. The van der Waals surface area contributed by atoms with Gasteiger partial charge in [0.1, 0.15) is 5.75 Å². The zero-order valence-electron chi connectivity index (χ0n) is 10.3. The molecule has 1 atom stereocenters. The van der Waals surface area contributed by atoms with Crippen LogP contribution in [0.1, 0.15) is 44.2 Å². The van der Waals surface area contributed by atoms with Gasteiger partial charge in [-0.3, -0.25) is 0 Å². The predicted octanol–water partition coefficient (Wildman–Crippen LogP) is 3.94. The molecule has 1 aliphatic rings. The molecule has 2 rings (SSSR count). The summed E-state index contributed by atoms with van der Waals surface area (Å²) in [4.78, 5) is 0. The van der Waals surface area contributed by atoms with Gasteiger partial charge in [-0.2, -0.15) is 0 Å². The van der Waals surface area contributed by atoms with E-state index < -0.39 is 0 Å². The molecule has 1 N–H and O–H groups in total. The van der Waals surface area contributed by atoms with E-state index in [9.17, 15) is 0 Å². The van der Waals surface area contributed by atoms with Crippen molar-refractivity contribution in [2.75, 3.05) is 13.2 Å². The Morgan fingerprint density at radius 2 is 2.29 bits per heavy atom. The van der Waals surface area contributed by atoms with Crippen LogP contribution in [0, 0.1) is 0 Å². The fourth-order valence-corrected chi connectivity index (χ4v) is 2.41. The zero-order chi connectivity index (χ0) is 12.1. The molecule has 0 radical (unpaired) electrons. The first-order chi connectivity index (χ1) is 8.31. The van der Waals surface area contributed by atoms with Crippen LogP contribution in [0.2, 0.25) is 5.02 Å². The van der Waals surface area contributed by atoms with Gasteiger partial charge in [0.2, 0.25) is 0 Å². The van der Waals surface area contributed by atoms with Gasteiger partial charge in [-0.1, -0.05) is 31.4 Å². The summed E-state index contributed by atoms with van der Waals surface area (Å²) in [6, 6.07) is 6.28. The molecule has 2 nitrogen and oxygen atoms in total. The molecular weight excluding hydrogens is 234 g/mol. The fraction of sp³-hybridized carbons (Fsp3) is 0.571. The molecule has 0 bridgehead atoms. The lowest BCUT2D eigenvalue weighted by Gasteiger charge is -2.27. The SMILES string of the molecule is CCCCCNC1CCOc2ccc(Cl)cc21. The molecule has 1 aromatic rings. The summed E-state index contributed by atoms with van der Waals surface area (Å²) in [7, 11) is 0. The van der Waals surface area contributed by atoms with Crippen LogP contribution in [0.4, 0.5) is 0 Å². The minimum absolute atomic E-state index is 0.398. The van der Waals surface area contributed by atoms with Crippen LogP contribution >= 0.6 is 11.6 Å². The Morgan fingerprint density at radius 3 is 3.12 bits per heavy atom. The monoisotopic (exact) mass is 253 g/mol. The largest absolute Gasteiger partial charge is 0.493 e. The van der Waals surface area contributed by atoms with Crippen molar-refractivity contribution in [2.24, 2.45) is 0 Å². The number of fused-ring (bicyclic) bond motifs is 1. The molecule has 0 saturated heterocycles. The van der Waals surface area contributed by atoms with Gasteiger partial charge >= 0.3 is 0 Å². The Balaban J connectivity index is 1.98. The van der Waals surface area contributed by atoms with Gasteiger partial charge in [0.25, 0.3) is 0 Å². The fourth-order valence-electron chi connectivity index (χ4n) is 2.23. The minimum Gasteiger partial charge on any atom is -0.493 e. The molecule has 0 saturated carbocycles. The molecule has 1 heterocycles. The Bertz CT molecular complexity index is 367. The normalized spacial score (nSPS) is 18.6. The first kappa shape index (κ1) is 12.7. The van der Waals surface area contributed by atoms with E-state index in [0.717, 1.165) is 30.3 Å². The van der Waals surface area contributed by atoms with Crippen molar-refractivity contribution in [3.63, 3.8) is 0 Å². The van der Waals surface area contributed by atoms with Crippen molar-refractivity contribution in [3.05, 3.63) is 28.8 Å². The van der Waals surface area contributed by atoms with Gasteiger partial charge < -0.3 is 10.1 Å². The molecule has 94 valence electrons. The summed E-state index contributed by atoms with van der Waals surface area (Å²) < 4.78 is 5.64. The number of benzene rings is 1. The number of hydrogen-bond acceptors (Lipinski definition) is 2. The highest BCUT2D eigenvalue weighted by atomic mass is 35.5. The summed E-state index contributed by atoms with van der Waals surface area (Å²) >= 11 is 6.04. The van der Waals surface area contributed by atoms with E-state index in [2.05, 4.69) is 12.2 Å². The van der Waals surface area contributed by atoms with E-state index in [1.165, 1.54) is 24.8 Å². The molecule has 0 fully saturated rings. The standard InChI is InChI=1S/C14H20ClNO/c1-2-3-4-8-16-13-7-9-17-14-6-5-11(15)10-12(13)14/h5-6,10,13,16H,2-4,7-9H2,1H3. The Morgan fingerprint density at radius 1 is 1.41 bits per heavy atom. The van der Waals surface area contributed by atoms with Crippen LogP contribution in [0.5, 0.6) is 5.75 Å². The summed E-state index contributed by atoms with van der Waals surface area (Å²) in [5.74, 6) is 0.980. The van der Waals surface area contributed by atoms with Gasteiger partial charge in [-0.15, -0.1) is 0 Å². The maximum Gasteiger partial charge on any atom is 0.124 e. The molecule has 0 aromatic heterocycles. The number of ether oxygens (including phenoxy) is 1. The third kappa shape index (κ3) is 3.36. The summed E-state index contributed by atoms with van der Waals surface area (Å²) in [6.07, 6.45) is 4.82. The third-order valence-corrected chi connectivity index (χ3v) is 3.42. The predicted molar refractivity (Wildman–Crippen MR) is 71.8 cm³/mol. The number of unbranched alkanes of at least 4 members (excludes halogenated alkanes) is 2. The van der Waals surface area contributed by atoms with Crippen LogP contribution < -0.4 is 10.1 Å². The van der Waals surface area contributed by atoms with Crippen molar-refractivity contribution in [2.45, 2.75) is 38.6 Å².